The summed E-state index contributed by atoms with van der Waals surface area (Å²) in [6, 6.07) is 20.4. The minimum Gasteiger partial charge on any atom is -0.486 e. The molecule has 1 atom stereocenters. The van der Waals surface area contributed by atoms with Crippen LogP contribution in [-0.2, 0) is 6.42 Å². The van der Waals surface area contributed by atoms with Crippen LogP contribution in [0.3, 0.4) is 0 Å². The van der Waals surface area contributed by atoms with Crippen LogP contribution in [0.25, 0.3) is 16.9 Å². The Bertz CT molecular complexity index is 1280. The van der Waals surface area contributed by atoms with Gasteiger partial charge in [-0.1, -0.05) is 24.8 Å². The molecule has 1 aliphatic rings. The molecule has 0 amide bonds. The lowest BCUT2D eigenvalue weighted by atomic mass is 10.1. The zero-order chi connectivity index (χ0) is 22.1. The minimum atomic E-state index is 0.180. The summed E-state index contributed by atoms with van der Waals surface area (Å²) in [6.45, 7) is 7.02. The molecule has 3 heterocycles. The second-order valence-corrected chi connectivity index (χ2v) is 9.14. The van der Waals surface area contributed by atoms with Crippen molar-refractivity contribution in [2.75, 3.05) is 13.2 Å². The van der Waals surface area contributed by atoms with Gasteiger partial charge in [-0.05, 0) is 55.0 Å². The number of aromatic nitrogens is 3. The largest absolute Gasteiger partial charge is 0.486 e. The van der Waals surface area contributed by atoms with Gasteiger partial charge in [0.25, 0.3) is 0 Å². The van der Waals surface area contributed by atoms with Crippen LogP contribution in [0.4, 0.5) is 0 Å². The molecule has 0 radical (unpaired) electrons. The van der Waals surface area contributed by atoms with E-state index in [1.165, 1.54) is 0 Å². The Labute approximate surface area is 191 Å². The number of benzene rings is 2. The number of hydrogen-bond donors (Lipinski definition) is 1. The van der Waals surface area contributed by atoms with Crippen LogP contribution in [0, 0.1) is 0 Å². The van der Waals surface area contributed by atoms with E-state index in [1.54, 1.807) is 11.8 Å². The lowest BCUT2D eigenvalue weighted by molar-refractivity contribution is 0.171. The van der Waals surface area contributed by atoms with E-state index < -0.39 is 0 Å². The molecular weight excluding hydrogens is 420 g/mol. The maximum atomic E-state index is 5.79. The molecule has 162 valence electrons. The van der Waals surface area contributed by atoms with Gasteiger partial charge in [0.2, 0.25) is 0 Å². The van der Waals surface area contributed by atoms with Crippen molar-refractivity contribution >= 4 is 17.4 Å². The summed E-state index contributed by atoms with van der Waals surface area (Å²) < 4.78 is 13.3. The Morgan fingerprint density at radius 3 is 2.66 bits per heavy atom. The molecule has 2 aromatic heterocycles. The van der Waals surface area contributed by atoms with E-state index >= 15 is 0 Å². The van der Waals surface area contributed by atoms with Gasteiger partial charge in [0.05, 0.1) is 5.69 Å². The molecule has 0 bridgehead atoms. The standard InChI is InChI=1S/C25H24N4O2S/c1-16(26)17(2)32-20-9-6-18(7-10-20)14-24-27-25-5-3-4-21(29(25)28-24)19-8-11-22-23(15-19)31-13-12-30-22/h3-11,15,17H,1,12-14,26H2,2H3. The van der Waals surface area contributed by atoms with Crippen LogP contribution >= 0.6 is 11.8 Å². The van der Waals surface area contributed by atoms with Gasteiger partial charge >= 0.3 is 0 Å². The molecule has 32 heavy (non-hydrogen) atoms. The lowest BCUT2D eigenvalue weighted by Gasteiger charge is -2.19. The number of rotatable bonds is 6. The van der Waals surface area contributed by atoms with Crippen molar-refractivity contribution in [2.45, 2.75) is 23.5 Å². The second kappa shape index (κ2) is 8.59. The van der Waals surface area contributed by atoms with Crippen molar-refractivity contribution < 1.29 is 9.47 Å². The van der Waals surface area contributed by atoms with Gasteiger partial charge in [-0.25, -0.2) is 9.50 Å². The van der Waals surface area contributed by atoms with Gasteiger partial charge in [-0.2, -0.15) is 5.10 Å². The smallest absolute Gasteiger partial charge is 0.162 e. The van der Waals surface area contributed by atoms with Crippen LogP contribution in [0.2, 0.25) is 0 Å². The first-order chi connectivity index (χ1) is 15.6. The third-order valence-electron chi connectivity index (χ3n) is 5.36. The summed E-state index contributed by atoms with van der Waals surface area (Å²) in [5.74, 6) is 2.31. The van der Waals surface area contributed by atoms with Crippen LogP contribution in [-0.4, -0.2) is 33.1 Å². The molecular formula is C25H24N4O2S. The summed E-state index contributed by atoms with van der Waals surface area (Å²) >= 11 is 1.70. The molecule has 0 saturated carbocycles. The Morgan fingerprint density at radius 1 is 1.09 bits per heavy atom. The molecule has 4 aromatic rings. The predicted octanol–water partition coefficient (Wildman–Crippen LogP) is 4.71. The molecule has 0 saturated heterocycles. The number of thioether (sulfide) groups is 1. The zero-order valence-corrected chi connectivity index (χ0v) is 18.6. The highest BCUT2D eigenvalue weighted by Gasteiger charge is 2.15. The normalized spacial score (nSPS) is 13.8. The van der Waals surface area contributed by atoms with Gasteiger partial charge < -0.3 is 15.2 Å². The number of hydrogen-bond acceptors (Lipinski definition) is 6. The Kier molecular flexibility index (Phi) is 5.49. The number of nitrogens with zero attached hydrogens (tertiary/aromatic N) is 3. The Hall–Kier alpha value is -3.45. The van der Waals surface area contributed by atoms with Crippen LogP contribution in [0.1, 0.15) is 18.3 Å². The molecule has 7 heteroatoms. The fraction of sp³-hybridized carbons (Fsp3) is 0.200. The highest BCUT2D eigenvalue weighted by atomic mass is 32.2. The summed E-state index contributed by atoms with van der Waals surface area (Å²) in [4.78, 5) is 5.90. The SMILES string of the molecule is C=C(N)C(C)Sc1ccc(Cc2nc3cccc(-c4ccc5c(c4)OCCO5)n3n2)cc1. The van der Waals surface area contributed by atoms with Crippen LogP contribution in [0.15, 0.2) is 77.8 Å². The Balaban J connectivity index is 1.39. The van der Waals surface area contributed by atoms with E-state index in [0.717, 1.165) is 44.7 Å². The van der Waals surface area contributed by atoms with Crippen molar-refractivity contribution in [3.63, 3.8) is 0 Å². The topological polar surface area (TPSA) is 74.7 Å². The molecule has 1 aliphatic heterocycles. The minimum absolute atomic E-state index is 0.180. The third kappa shape index (κ3) is 4.16. The van der Waals surface area contributed by atoms with Crippen molar-refractivity contribution in [2.24, 2.45) is 5.73 Å². The van der Waals surface area contributed by atoms with E-state index in [4.69, 9.17) is 25.3 Å². The average Bonchev–Trinajstić information content (AvgIpc) is 3.22. The summed E-state index contributed by atoms with van der Waals surface area (Å²) in [6.07, 6.45) is 0.659. The summed E-state index contributed by atoms with van der Waals surface area (Å²) in [5, 5.41) is 4.97. The molecule has 5 rings (SSSR count). The number of pyridine rings is 1. The number of ether oxygens (including phenoxy) is 2. The van der Waals surface area contributed by atoms with E-state index in [0.29, 0.717) is 25.3 Å². The number of fused-ring (bicyclic) bond motifs is 2. The van der Waals surface area contributed by atoms with E-state index in [2.05, 4.69) is 37.8 Å². The molecule has 2 aromatic carbocycles. The van der Waals surface area contributed by atoms with Crippen molar-refractivity contribution in [3.8, 4) is 22.8 Å². The maximum Gasteiger partial charge on any atom is 0.162 e. The molecule has 1 unspecified atom stereocenters. The molecule has 2 N–H and O–H groups in total. The first-order valence-corrected chi connectivity index (χ1v) is 11.4. The second-order valence-electron chi connectivity index (χ2n) is 7.72. The monoisotopic (exact) mass is 444 g/mol. The lowest BCUT2D eigenvalue weighted by Crippen LogP contribution is -2.15. The Morgan fingerprint density at radius 2 is 1.88 bits per heavy atom. The summed E-state index contributed by atoms with van der Waals surface area (Å²) in [5.41, 5.74) is 10.4. The van der Waals surface area contributed by atoms with Gasteiger partial charge in [0.1, 0.15) is 13.2 Å². The quantitative estimate of drug-likeness (QED) is 0.434. The van der Waals surface area contributed by atoms with Gasteiger partial charge in [0, 0.05) is 27.8 Å². The number of nitrogens with two attached hydrogens (primary N) is 1. The highest BCUT2D eigenvalue weighted by molar-refractivity contribution is 8.00. The molecule has 0 aliphatic carbocycles. The van der Waals surface area contributed by atoms with Gasteiger partial charge in [0.15, 0.2) is 23.0 Å². The average molecular weight is 445 g/mol. The van der Waals surface area contributed by atoms with Gasteiger partial charge in [-0.15, -0.1) is 11.8 Å². The first kappa shape index (κ1) is 20.5. The maximum absolute atomic E-state index is 5.79. The fourth-order valence-corrected chi connectivity index (χ4v) is 4.45. The first-order valence-electron chi connectivity index (χ1n) is 10.5. The highest BCUT2D eigenvalue weighted by Crippen LogP contribution is 2.34. The molecule has 0 fully saturated rings. The fourth-order valence-electron chi connectivity index (χ4n) is 3.59. The van der Waals surface area contributed by atoms with Crippen LogP contribution in [0.5, 0.6) is 11.5 Å². The van der Waals surface area contributed by atoms with E-state index in [-0.39, 0.29) is 5.25 Å². The van der Waals surface area contributed by atoms with Crippen molar-refractivity contribution in [1.82, 2.24) is 14.6 Å². The third-order valence-corrected chi connectivity index (χ3v) is 6.56. The van der Waals surface area contributed by atoms with Gasteiger partial charge in [-0.3, -0.25) is 0 Å². The zero-order valence-electron chi connectivity index (χ0n) is 17.8. The van der Waals surface area contributed by atoms with Crippen molar-refractivity contribution in [3.05, 3.63) is 84.3 Å². The van der Waals surface area contributed by atoms with Crippen LogP contribution < -0.4 is 15.2 Å². The predicted molar refractivity (Wildman–Crippen MR) is 127 cm³/mol. The molecule has 6 nitrogen and oxygen atoms in total. The van der Waals surface area contributed by atoms with E-state index in [1.807, 2.05) is 40.9 Å². The molecule has 0 spiro atoms. The van der Waals surface area contributed by atoms with E-state index in [9.17, 15) is 0 Å². The summed E-state index contributed by atoms with van der Waals surface area (Å²) in [7, 11) is 0. The van der Waals surface area contributed by atoms with Crippen molar-refractivity contribution in [1.29, 1.82) is 0 Å².